The lowest BCUT2D eigenvalue weighted by atomic mass is 9.92. The Morgan fingerprint density at radius 2 is 1.95 bits per heavy atom. The van der Waals surface area contributed by atoms with Gasteiger partial charge in [-0.25, -0.2) is 0 Å². The van der Waals surface area contributed by atoms with Crippen LogP contribution in [0.4, 0.5) is 0 Å². The predicted molar refractivity (Wildman–Crippen MR) is 85.1 cm³/mol. The molecule has 0 aliphatic heterocycles. The molecule has 0 aromatic rings. The monoisotopic (exact) mass is 262 g/mol. The van der Waals surface area contributed by atoms with Crippen LogP contribution in [0, 0.1) is 5.92 Å². The van der Waals surface area contributed by atoms with E-state index in [0.29, 0.717) is 6.04 Å². The van der Waals surface area contributed by atoms with Crippen LogP contribution in [0.3, 0.4) is 0 Å². The average Bonchev–Trinajstić information content (AvgIpc) is 2.94. The Hall–Kier alpha value is -1.02. The second kappa shape index (κ2) is 7.54. The Kier molecular flexibility index (Phi) is 6.36. The third-order valence-corrected chi connectivity index (χ3v) is 4.57. The summed E-state index contributed by atoms with van der Waals surface area (Å²) >= 11 is 0. The largest absolute Gasteiger partial charge is 0.370 e. The van der Waals surface area contributed by atoms with Gasteiger partial charge in [-0.15, -0.1) is 0 Å². The van der Waals surface area contributed by atoms with Crippen LogP contribution in [0.1, 0.15) is 39.0 Å². The molecule has 2 unspecified atom stereocenters. The summed E-state index contributed by atoms with van der Waals surface area (Å²) in [6.45, 7) is 14.4. The maximum absolute atomic E-state index is 4.23. The predicted octanol–water partition coefficient (Wildman–Crippen LogP) is 3.73. The van der Waals surface area contributed by atoms with Gasteiger partial charge in [0.25, 0.3) is 0 Å². The molecular weight excluding hydrogens is 232 g/mol. The van der Waals surface area contributed by atoms with Gasteiger partial charge in [0.1, 0.15) is 0 Å². The first kappa shape index (κ1) is 16.0. The lowest BCUT2D eigenvalue weighted by Gasteiger charge is -2.36. The molecule has 1 aliphatic rings. The highest BCUT2D eigenvalue weighted by molar-refractivity contribution is 5.22. The quantitative estimate of drug-likeness (QED) is 0.671. The molecule has 0 bridgehead atoms. The number of likely N-dealkylation sites (N-methyl/N-ethyl adjacent to an activating group) is 2. The molecule has 0 amide bonds. The highest BCUT2D eigenvalue weighted by Gasteiger charge is 2.25. The van der Waals surface area contributed by atoms with Gasteiger partial charge in [-0.2, -0.15) is 0 Å². The van der Waals surface area contributed by atoms with Crippen molar-refractivity contribution in [2.24, 2.45) is 5.92 Å². The highest BCUT2D eigenvalue weighted by atomic mass is 15.2. The summed E-state index contributed by atoms with van der Waals surface area (Å²) in [6.07, 6.45) is 8.57. The van der Waals surface area contributed by atoms with Gasteiger partial charge >= 0.3 is 0 Å². The van der Waals surface area contributed by atoms with Crippen molar-refractivity contribution in [3.8, 4) is 0 Å². The van der Waals surface area contributed by atoms with Gasteiger partial charge in [0, 0.05) is 18.8 Å². The number of nitrogens with zero attached hydrogens (tertiary/aromatic N) is 1. The summed E-state index contributed by atoms with van der Waals surface area (Å²) < 4.78 is 0. The first-order valence-corrected chi connectivity index (χ1v) is 7.41. The Morgan fingerprint density at radius 1 is 1.37 bits per heavy atom. The molecule has 0 heterocycles. The molecule has 108 valence electrons. The van der Waals surface area contributed by atoms with Crippen molar-refractivity contribution in [3.05, 3.63) is 37.1 Å². The minimum Gasteiger partial charge on any atom is -0.370 e. The Labute approximate surface area is 119 Å². The van der Waals surface area contributed by atoms with Gasteiger partial charge in [-0.1, -0.05) is 51.5 Å². The summed E-state index contributed by atoms with van der Waals surface area (Å²) in [5.74, 6) is 0.835. The molecule has 2 atom stereocenters. The van der Waals surface area contributed by atoms with E-state index in [4.69, 9.17) is 0 Å². The molecule has 1 N–H and O–H groups in total. The minimum absolute atomic E-state index is 0.286. The zero-order chi connectivity index (χ0) is 14.4. The second-order valence-corrected chi connectivity index (χ2v) is 5.79. The normalized spacial score (nSPS) is 18.9. The number of nitrogens with one attached hydrogen (secondary N) is 1. The van der Waals surface area contributed by atoms with Crippen molar-refractivity contribution in [2.75, 3.05) is 14.1 Å². The molecule has 19 heavy (non-hydrogen) atoms. The zero-order valence-electron chi connectivity index (χ0n) is 12.9. The standard InChI is InChI=1S/C17H30N2/c1-7-13(2)17(12-16-10-8-9-11-16)19(6)15(4)14(3)18-5/h7,14,16-18H,1-2,4,8-12H2,3,5-6H3. The van der Waals surface area contributed by atoms with Gasteiger partial charge in [-0.05, 0) is 31.9 Å². The first-order chi connectivity index (χ1) is 9.01. The van der Waals surface area contributed by atoms with Gasteiger partial charge < -0.3 is 10.2 Å². The third-order valence-electron chi connectivity index (χ3n) is 4.57. The molecule has 0 aromatic heterocycles. The molecule has 1 fully saturated rings. The van der Waals surface area contributed by atoms with Crippen LogP contribution in [0.25, 0.3) is 0 Å². The second-order valence-electron chi connectivity index (χ2n) is 5.79. The summed E-state index contributed by atoms with van der Waals surface area (Å²) in [5, 5.41) is 3.25. The lowest BCUT2D eigenvalue weighted by Crippen LogP contribution is -2.40. The number of rotatable bonds is 8. The summed E-state index contributed by atoms with van der Waals surface area (Å²) in [7, 11) is 4.10. The van der Waals surface area contributed by atoms with Crippen molar-refractivity contribution in [2.45, 2.75) is 51.1 Å². The van der Waals surface area contributed by atoms with Crippen LogP contribution in [-0.2, 0) is 0 Å². The third kappa shape index (κ3) is 4.24. The topological polar surface area (TPSA) is 15.3 Å². The summed E-state index contributed by atoms with van der Waals surface area (Å²) in [6, 6.07) is 0.623. The van der Waals surface area contributed by atoms with Crippen LogP contribution in [0.2, 0.25) is 0 Å². The average molecular weight is 262 g/mol. The molecule has 1 aliphatic carbocycles. The van der Waals surface area contributed by atoms with Gasteiger partial charge in [0.15, 0.2) is 0 Å². The van der Waals surface area contributed by atoms with E-state index in [-0.39, 0.29) is 6.04 Å². The molecule has 0 aromatic carbocycles. The fourth-order valence-corrected chi connectivity index (χ4v) is 2.93. The molecule has 0 saturated heterocycles. The van der Waals surface area contributed by atoms with Crippen molar-refractivity contribution < 1.29 is 0 Å². The lowest BCUT2D eigenvalue weighted by molar-refractivity contribution is 0.272. The Bertz CT molecular complexity index is 326. The van der Waals surface area contributed by atoms with Crippen molar-refractivity contribution in [1.29, 1.82) is 0 Å². The molecule has 1 saturated carbocycles. The van der Waals surface area contributed by atoms with Crippen molar-refractivity contribution >= 4 is 0 Å². The van der Waals surface area contributed by atoms with E-state index in [1.165, 1.54) is 32.1 Å². The van der Waals surface area contributed by atoms with Crippen LogP contribution in [0.5, 0.6) is 0 Å². The fourth-order valence-electron chi connectivity index (χ4n) is 2.93. The van der Waals surface area contributed by atoms with E-state index in [1.807, 2.05) is 13.1 Å². The van der Waals surface area contributed by atoms with E-state index in [0.717, 1.165) is 17.2 Å². The number of hydrogen-bond donors (Lipinski definition) is 1. The summed E-state index contributed by atoms with van der Waals surface area (Å²) in [5.41, 5.74) is 2.23. The SMILES string of the molecule is C=CC(=C)C(CC1CCCC1)N(C)C(=C)C(C)NC. The Balaban J connectivity index is 2.74. The van der Waals surface area contributed by atoms with E-state index >= 15 is 0 Å². The van der Waals surface area contributed by atoms with Crippen molar-refractivity contribution in [1.82, 2.24) is 10.2 Å². The van der Waals surface area contributed by atoms with Crippen LogP contribution in [0.15, 0.2) is 37.1 Å². The fraction of sp³-hybridized carbons (Fsp3) is 0.647. The first-order valence-electron chi connectivity index (χ1n) is 7.41. The van der Waals surface area contributed by atoms with Crippen LogP contribution in [-0.4, -0.2) is 31.1 Å². The van der Waals surface area contributed by atoms with Crippen LogP contribution < -0.4 is 5.32 Å². The highest BCUT2D eigenvalue weighted by Crippen LogP contribution is 2.32. The molecule has 0 spiro atoms. The number of hydrogen-bond acceptors (Lipinski definition) is 2. The molecular formula is C17H30N2. The van der Waals surface area contributed by atoms with Crippen LogP contribution >= 0.6 is 0 Å². The smallest absolute Gasteiger partial charge is 0.0533 e. The zero-order valence-corrected chi connectivity index (χ0v) is 12.9. The van der Waals surface area contributed by atoms with Gasteiger partial charge in [0.05, 0.1) is 6.04 Å². The maximum Gasteiger partial charge on any atom is 0.0533 e. The van der Waals surface area contributed by atoms with Gasteiger partial charge in [0.2, 0.25) is 0 Å². The molecule has 2 nitrogen and oxygen atoms in total. The Morgan fingerprint density at radius 3 is 2.42 bits per heavy atom. The molecule has 1 rings (SSSR count). The minimum atomic E-state index is 0.286. The molecule has 2 heteroatoms. The van der Waals surface area contributed by atoms with E-state index < -0.39 is 0 Å². The summed E-state index contributed by atoms with van der Waals surface area (Å²) in [4.78, 5) is 2.28. The van der Waals surface area contributed by atoms with E-state index in [1.54, 1.807) is 0 Å². The van der Waals surface area contributed by atoms with E-state index in [9.17, 15) is 0 Å². The molecule has 0 radical (unpaired) electrons. The van der Waals surface area contributed by atoms with Crippen molar-refractivity contribution in [3.63, 3.8) is 0 Å². The van der Waals surface area contributed by atoms with Gasteiger partial charge in [-0.3, -0.25) is 0 Å². The van der Waals surface area contributed by atoms with E-state index in [2.05, 4.69) is 43.9 Å². The maximum atomic E-state index is 4.23.